The Kier molecular flexibility index (Phi) is 3.74. The Labute approximate surface area is 106 Å². The van der Waals surface area contributed by atoms with Crippen LogP contribution in [0.2, 0.25) is 0 Å². The van der Waals surface area contributed by atoms with E-state index in [2.05, 4.69) is 4.72 Å². The summed E-state index contributed by atoms with van der Waals surface area (Å²) in [6.07, 6.45) is -0.0172. The molecule has 1 aliphatic heterocycles. The molecule has 100 valence electrons. The molecule has 1 atom stereocenters. The van der Waals surface area contributed by atoms with Gasteiger partial charge in [0.2, 0.25) is 10.0 Å². The summed E-state index contributed by atoms with van der Waals surface area (Å²) in [6, 6.07) is 4.62. The Balaban J connectivity index is 2.27. The zero-order valence-corrected chi connectivity index (χ0v) is 11.0. The maximum Gasteiger partial charge on any atom is 0.244 e. The Morgan fingerprint density at radius 1 is 1.39 bits per heavy atom. The summed E-state index contributed by atoms with van der Waals surface area (Å²) in [7, 11) is -0.728. The van der Waals surface area contributed by atoms with Crippen LogP contribution in [0.15, 0.2) is 23.1 Å². The van der Waals surface area contributed by atoms with Gasteiger partial charge in [0.25, 0.3) is 0 Å². The van der Waals surface area contributed by atoms with Gasteiger partial charge < -0.3 is 14.2 Å². The zero-order chi connectivity index (χ0) is 13.2. The van der Waals surface area contributed by atoms with Crippen molar-refractivity contribution in [2.24, 2.45) is 0 Å². The van der Waals surface area contributed by atoms with E-state index < -0.39 is 10.0 Å². The summed E-state index contributed by atoms with van der Waals surface area (Å²) in [4.78, 5) is 0.0602. The molecule has 1 aromatic carbocycles. The number of hydrogen-bond acceptors (Lipinski definition) is 5. The van der Waals surface area contributed by atoms with Crippen molar-refractivity contribution in [1.82, 2.24) is 4.72 Å². The average molecular weight is 273 g/mol. The lowest BCUT2D eigenvalue weighted by molar-refractivity contribution is 0.390. The number of nitrogens with one attached hydrogen (secondary N) is 1. The predicted octanol–water partition coefficient (Wildman–Crippen LogP) is 0.381. The van der Waals surface area contributed by atoms with Gasteiger partial charge in [0.1, 0.15) is 16.4 Å². The van der Waals surface area contributed by atoms with Crippen molar-refractivity contribution >= 4 is 10.0 Å². The van der Waals surface area contributed by atoms with Gasteiger partial charge in [-0.25, -0.2) is 13.1 Å². The van der Waals surface area contributed by atoms with Crippen LogP contribution in [0.4, 0.5) is 0 Å². The molecule has 0 saturated carbocycles. The molecule has 0 unspecified atom stereocenters. The lowest BCUT2D eigenvalue weighted by Crippen LogP contribution is -2.28. The van der Waals surface area contributed by atoms with Crippen molar-refractivity contribution in [3.05, 3.63) is 18.2 Å². The smallest absolute Gasteiger partial charge is 0.244 e. The van der Waals surface area contributed by atoms with E-state index in [0.717, 1.165) is 0 Å². The van der Waals surface area contributed by atoms with Crippen molar-refractivity contribution < 1.29 is 22.6 Å². The normalized spacial score (nSPS) is 18.4. The molecule has 0 bridgehead atoms. The number of epoxide rings is 1. The fourth-order valence-corrected chi connectivity index (χ4v) is 2.71. The number of benzene rings is 1. The summed E-state index contributed by atoms with van der Waals surface area (Å²) in [5, 5.41) is 0. The molecule has 1 heterocycles. The second-order valence-electron chi connectivity index (χ2n) is 3.82. The molecule has 2 rings (SSSR count). The maximum absolute atomic E-state index is 12.1. The minimum Gasteiger partial charge on any atom is -0.497 e. The Hall–Kier alpha value is -1.31. The third kappa shape index (κ3) is 2.92. The summed E-state index contributed by atoms with van der Waals surface area (Å²) in [5.41, 5.74) is 0. The van der Waals surface area contributed by atoms with E-state index in [-0.39, 0.29) is 23.3 Å². The first-order valence-corrected chi connectivity index (χ1v) is 6.88. The van der Waals surface area contributed by atoms with E-state index in [1.165, 1.54) is 20.3 Å². The molecule has 1 aromatic rings. The highest BCUT2D eigenvalue weighted by Gasteiger charge is 2.27. The van der Waals surface area contributed by atoms with Crippen LogP contribution in [0, 0.1) is 0 Å². The number of methoxy groups -OCH3 is 2. The molecule has 1 fully saturated rings. The van der Waals surface area contributed by atoms with E-state index in [1.807, 2.05) is 0 Å². The summed E-state index contributed by atoms with van der Waals surface area (Å²) in [5.74, 6) is 0.735. The van der Waals surface area contributed by atoms with Gasteiger partial charge in [0.15, 0.2) is 0 Å². The topological polar surface area (TPSA) is 77.2 Å². The van der Waals surface area contributed by atoms with Crippen LogP contribution in [0.3, 0.4) is 0 Å². The minimum atomic E-state index is -3.63. The first-order valence-electron chi connectivity index (χ1n) is 5.40. The standard InChI is InChI=1S/C11H15NO5S/c1-15-8-3-4-10(16-2)11(5-8)18(13,14)12-6-9-7-17-9/h3-5,9,12H,6-7H2,1-2H3/t9-/m1/s1. The van der Waals surface area contributed by atoms with Crippen LogP contribution in [-0.4, -0.2) is 41.9 Å². The number of sulfonamides is 1. The number of hydrogen-bond donors (Lipinski definition) is 1. The fourth-order valence-electron chi connectivity index (χ4n) is 1.46. The fraction of sp³-hybridized carbons (Fsp3) is 0.455. The maximum atomic E-state index is 12.1. The second kappa shape index (κ2) is 5.13. The van der Waals surface area contributed by atoms with Gasteiger partial charge in [-0.3, -0.25) is 0 Å². The molecule has 1 aliphatic rings. The molecule has 0 aromatic heterocycles. The Morgan fingerprint density at radius 3 is 2.67 bits per heavy atom. The third-order valence-electron chi connectivity index (χ3n) is 2.56. The first-order chi connectivity index (χ1) is 8.56. The van der Waals surface area contributed by atoms with Crippen LogP contribution in [0.5, 0.6) is 11.5 Å². The van der Waals surface area contributed by atoms with Crippen molar-refractivity contribution in [2.75, 3.05) is 27.4 Å². The zero-order valence-electron chi connectivity index (χ0n) is 10.2. The van der Waals surface area contributed by atoms with Gasteiger partial charge in [0.05, 0.1) is 26.9 Å². The van der Waals surface area contributed by atoms with Crippen molar-refractivity contribution in [3.63, 3.8) is 0 Å². The van der Waals surface area contributed by atoms with Crippen LogP contribution in [0.1, 0.15) is 0 Å². The molecular formula is C11H15NO5S. The van der Waals surface area contributed by atoms with Gasteiger partial charge in [-0.1, -0.05) is 0 Å². The Morgan fingerprint density at radius 2 is 2.11 bits per heavy atom. The Bertz CT molecular complexity index is 524. The molecule has 0 radical (unpaired) electrons. The van der Waals surface area contributed by atoms with Crippen LogP contribution in [-0.2, 0) is 14.8 Å². The largest absolute Gasteiger partial charge is 0.497 e. The summed E-state index contributed by atoms with van der Waals surface area (Å²) >= 11 is 0. The minimum absolute atomic E-state index is 0.0172. The van der Waals surface area contributed by atoms with Gasteiger partial charge in [-0.15, -0.1) is 0 Å². The average Bonchev–Trinajstić information content (AvgIpc) is 3.19. The first kappa shape index (κ1) is 13.1. The number of rotatable bonds is 6. The molecule has 0 amide bonds. The SMILES string of the molecule is COc1ccc(OC)c(S(=O)(=O)NC[C@@H]2CO2)c1. The highest BCUT2D eigenvalue weighted by molar-refractivity contribution is 7.89. The van der Waals surface area contributed by atoms with E-state index >= 15 is 0 Å². The third-order valence-corrected chi connectivity index (χ3v) is 4.01. The molecule has 6 nitrogen and oxygen atoms in total. The summed E-state index contributed by atoms with van der Waals surface area (Å²) < 4.78 is 41.7. The van der Waals surface area contributed by atoms with Crippen molar-refractivity contribution in [2.45, 2.75) is 11.0 Å². The molecule has 0 aliphatic carbocycles. The molecule has 0 spiro atoms. The van der Waals surface area contributed by atoms with Gasteiger partial charge in [-0.2, -0.15) is 0 Å². The van der Waals surface area contributed by atoms with Crippen LogP contribution >= 0.6 is 0 Å². The van der Waals surface area contributed by atoms with Gasteiger partial charge >= 0.3 is 0 Å². The predicted molar refractivity (Wildman–Crippen MR) is 64.5 cm³/mol. The van der Waals surface area contributed by atoms with E-state index in [9.17, 15) is 8.42 Å². The summed E-state index contributed by atoms with van der Waals surface area (Å²) in [6.45, 7) is 0.862. The van der Waals surface area contributed by atoms with Crippen molar-refractivity contribution in [1.29, 1.82) is 0 Å². The lowest BCUT2D eigenvalue weighted by Gasteiger charge is -2.11. The lowest BCUT2D eigenvalue weighted by atomic mass is 10.3. The van der Waals surface area contributed by atoms with Crippen LogP contribution in [0.25, 0.3) is 0 Å². The highest BCUT2D eigenvalue weighted by Crippen LogP contribution is 2.28. The monoisotopic (exact) mass is 273 g/mol. The van der Waals surface area contributed by atoms with Gasteiger partial charge in [-0.05, 0) is 12.1 Å². The quantitative estimate of drug-likeness (QED) is 0.758. The molecule has 1 N–H and O–H groups in total. The molecule has 7 heteroatoms. The number of ether oxygens (including phenoxy) is 3. The molecule has 18 heavy (non-hydrogen) atoms. The van der Waals surface area contributed by atoms with Crippen molar-refractivity contribution in [3.8, 4) is 11.5 Å². The van der Waals surface area contributed by atoms with Gasteiger partial charge in [0, 0.05) is 12.6 Å². The van der Waals surface area contributed by atoms with E-state index in [0.29, 0.717) is 12.4 Å². The second-order valence-corrected chi connectivity index (χ2v) is 5.56. The van der Waals surface area contributed by atoms with E-state index in [4.69, 9.17) is 14.2 Å². The highest BCUT2D eigenvalue weighted by atomic mass is 32.2. The molecular weight excluding hydrogens is 258 g/mol. The van der Waals surface area contributed by atoms with Crippen LogP contribution < -0.4 is 14.2 Å². The van der Waals surface area contributed by atoms with E-state index in [1.54, 1.807) is 12.1 Å². The molecule has 1 saturated heterocycles.